The van der Waals surface area contributed by atoms with Gasteiger partial charge in [0, 0.05) is 5.56 Å². The van der Waals surface area contributed by atoms with E-state index in [0.717, 1.165) is 11.1 Å². The molecule has 1 heterocycles. The van der Waals surface area contributed by atoms with Gasteiger partial charge in [-0.3, -0.25) is 0 Å². The second-order valence-electron chi connectivity index (χ2n) is 11.5. The summed E-state index contributed by atoms with van der Waals surface area (Å²) in [5, 5.41) is 3.70. The van der Waals surface area contributed by atoms with Gasteiger partial charge >= 0.3 is 0 Å². The maximum Gasteiger partial charge on any atom is 0.217 e. The standard InChI is InChI=1S/C34H38NO2PSi/c1-34(2,39(3,4)5)36-25-30-32(26-17-9-6-10-18-26)37-33(35-30)29-23-15-16-24-31(29)38(27-19-11-7-12-20-27)28-21-13-8-14-22-28/h6-24,30,32H,25H2,1-5H3/t30-,32-/m1/s1. The first-order valence-corrected chi connectivity index (χ1v) is 18.5. The van der Waals surface area contributed by atoms with Gasteiger partial charge in [0.25, 0.3) is 0 Å². The van der Waals surface area contributed by atoms with E-state index in [1.54, 1.807) is 0 Å². The van der Waals surface area contributed by atoms with Gasteiger partial charge < -0.3 is 9.47 Å². The molecule has 4 aromatic carbocycles. The fraction of sp³-hybridized carbons (Fsp3) is 0.265. The third kappa shape index (κ3) is 6.09. The first kappa shape index (κ1) is 27.5. The lowest BCUT2D eigenvalue weighted by Crippen LogP contribution is -2.50. The summed E-state index contributed by atoms with van der Waals surface area (Å²) < 4.78 is 13.4. The van der Waals surface area contributed by atoms with Gasteiger partial charge in [-0.1, -0.05) is 129 Å². The molecule has 3 nitrogen and oxygen atoms in total. The van der Waals surface area contributed by atoms with Crippen molar-refractivity contribution in [2.75, 3.05) is 6.61 Å². The van der Waals surface area contributed by atoms with Crippen molar-refractivity contribution in [1.29, 1.82) is 0 Å². The Labute approximate surface area is 235 Å². The van der Waals surface area contributed by atoms with Crippen LogP contribution in [0.5, 0.6) is 0 Å². The Hall–Kier alpha value is -3.04. The van der Waals surface area contributed by atoms with Crippen molar-refractivity contribution in [3.63, 3.8) is 0 Å². The van der Waals surface area contributed by atoms with Gasteiger partial charge in [-0.15, -0.1) is 0 Å². The van der Waals surface area contributed by atoms with Crippen molar-refractivity contribution in [2.45, 2.75) is 50.9 Å². The van der Waals surface area contributed by atoms with Crippen molar-refractivity contribution < 1.29 is 9.47 Å². The largest absolute Gasteiger partial charge is 0.467 e. The van der Waals surface area contributed by atoms with Gasteiger partial charge in [0.15, 0.2) is 6.10 Å². The number of hydrogen-bond acceptors (Lipinski definition) is 3. The molecule has 5 heteroatoms. The van der Waals surface area contributed by atoms with E-state index in [4.69, 9.17) is 14.5 Å². The van der Waals surface area contributed by atoms with E-state index in [1.807, 2.05) is 6.07 Å². The Bertz CT molecular complexity index is 1360. The van der Waals surface area contributed by atoms with E-state index in [2.05, 4.69) is 143 Å². The molecule has 2 atom stereocenters. The first-order valence-electron chi connectivity index (χ1n) is 13.7. The monoisotopic (exact) mass is 551 g/mol. The minimum Gasteiger partial charge on any atom is -0.467 e. The van der Waals surface area contributed by atoms with Crippen LogP contribution in [0.4, 0.5) is 0 Å². The number of benzene rings is 4. The summed E-state index contributed by atoms with van der Waals surface area (Å²) in [6.45, 7) is 12.0. The molecule has 0 bridgehead atoms. The molecule has 0 N–H and O–H groups in total. The quantitative estimate of drug-likeness (QED) is 0.166. The third-order valence-electron chi connectivity index (χ3n) is 7.82. The van der Waals surface area contributed by atoms with Crippen molar-refractivity contribution in [3.8, 4) is 0 Å². The average molecular weight is 552 g/mol. The summed E-state index contributed by atoms with van der Waals surface area (Å²) in [5.74, 6) is 0.707. The van der Waals surface area contributed by atoms with Crippen LogP contribution in [-0.4, -0.2) is 31.8 Å². The lowest BCUT2D eigenvalue weighted by Gasteiger charge is -2.37. The predicted octanol–water partition coefficient (Wildman–Crippen LogP) is 7.00. The highest BCUT2D eigenvalue weighted by Crippen LogP contribution is 2.37. The van der Waals surface area contributed by atoms with Crippen molar-refractivity contribution in [2.24, 2.45) is 4.99 Å². The first-order chi connectivity index (χ1) is 18.7. The van der Waals surface area contributed by atoms with Crippen molar-refractivity contribution in [1.82, 2.24) is 0 Å². The number of nitrogens with zero attached hydrogens (tertiary/aromatic N) is 1. The predicted molar refractivity (Wildman–Crippen MR) is 169 cm³/mol. The van der Waals surface area contributed by atoms with Crippen LogP contribution in [0.15, 0.2) is 120 Å². The van der Waals surface area contributed by atoms with E-state index in [0.29, 0.717) is 12.5 Å². The highest BCUT2D eigenvalue weighted by Gasteiger charge is 2.40. The summed E-state index contributed by atoms with van der Waals surface area (Å²) in [7, 11) is -2.34. The fourth-order valence-corrected chi connectivity index (χ4v) is 7.54. The average Bonchev–Trinajstić information content (AvgIpc) is 3.38. The second kappa shape index (κ2) is 11.6. The van der Waals surface area contributed by atoms with E-state index in [9.17, 15) is 0 Å². The molecular formula is C34H38NO2PSi. The summed E-state index contributed by atoms with van der Waals surface area (Å²) in [6, 6.07) is 40.5. The van der Waals surface area contributed by atoms with Gasteiger partial charge in [-0.2, -0.15) is 0 Å². The lowest BCUT2D eigenvalue weighted by molar-refractivity contribution is 0.0134. The van der Waals surface area contributed by atoms with Crippen molar-refractivity contribution in [3.05, 3.63) is 126 Å². The zero-order chi connectivity index (χ0) is 27.5. The maximum atomic E-state index is 6.75. The van der Waals surface area contributed by atoms with E-state index >= 15 is 0 Å². The zero-order valence-electron chi connectivity index (χ0n) is 23.5. The number of rotatable bonds is 9. The fourth-order valence-electron chi connectivity index (χ4n) is 4.58. The van der Waals surface area contributed by atoms with Gasteiger partial charge in [0.1, 0.15) is 6.04 Å². The molecule has 0 radical (unpaired) electrons. The normalized spacial score (nSPS) is 17.6. The van der Waals surface area contributed by atoms with Gasteiger partial charge in [0.2, 0.25) is 5.90 Å². The van der Waals surface area contributed by atoms with E-state index < -0.39 is 16.0 Å². The molecule has 200 valence electrons. The maximum absolute atomic E-state index is 6.75. The highest BCUT2D eigenvalue weighted by molar-refractivity contribution is 7.80. The van der Waals surface area contributed by atoms with Gasteiger partial charge in [-0.25, -0.2) is 4.99 Å². The highest BCUT2D eigenvalue weighted by atomic mass is 31.1. The Morgan fingerprint density at radius 3 is 1.82 bits per heavy atom. The van der Waals surface area contributed by atoms with Crippen LogP contribution >= 0.6 is 7.92 Å². The number of hydrogen-bond donors (Lipinski definition) is 0. The lowest BCUT2D eigenvalue weighted by atomic mass is 10.0. The smallest absolute Gasteiger partial charge is 0.217 e. The number of aliphatic imine (C=N–C) groups is 1. The molecule has 0 unspecified atom stereocenters. The molecule has 4 aromatic rings. The molecule has 0 saturated carbocycles. The molecule has 1 aliphatic heterocycles. The Morgan fingerprint density at radius 1 is 0.744 bits per heavy atom. The van der Waals surface area contributed by atoms with E-state index in [1.165, 1.54) is 15.9 Å². The van der Waals surface area contributed by atoms with Crippen LogP contribution < -0.4 is 15.9 Å². The molecule has 39 heavy (non-hydrogen) atoms. The molecule has 5 rings (SSSR count). The summed E-state index contributed by atoms with van der Waals surface area (Å²) in [5.41, 5.74) is 2.19. The molecule has 0 aliphatic carbocycles. The number of ether oxygens (including phenoxy) is 2. The van der Waals surface area contributed by atoms with E-state index in [-0.39, 0.29) is 17.4 Å². The third-order valence-corrected chi connectivity index (χ3v) is 14.1. The molecule has 0 fully saturated rings. The molecule has 0 aromatic heterocycles. The minimum absolute atomic E-state index is 0.120. The molecular weight excluding hydrogens is 513 g/mol. The molecule has 0 saturated heterocycles. The van der Waals surface area contributed by atoms with Gasteiger partial charge in [0.05, 0.1) is 19.9 Å². The van der Waals surface area contributed by atoms with Crippen LogP contribution in [0.25, 0.3) is 0 Å². The van der Waals surface area contributed by atoms with Crippen LogP contribution in [0.3, 0.4) is 0 Å². The second-order valence-corrected chi connectivity index (χ2v) is 19.4. The Balaban J connectivity index is 1.55. The zero-order valence-corrected chi connectivity index (χ0v) is 25.4. The summed E-state index contributed by atoms with van der Waals surface area (Å²) in [4.78, 5) is 5.23. The molecule has 1 aliphatic rings. The van der Waals surface area contributed by atoms with Crippen molar-refractivity contribution >= 4 is 37.8 Å². The summed E-state index contributed by atoms with van der Waals surface area (Å²) in [6.07, 6.45) is -0.189. The molecule has 0 spiro atoms. The van der Waals surface area contributed by atoms with Gasteiger partial charge in [-0.05, 0) is 49.3 Å². The Morgan fingerprint density at radius 2 is 1.26 bits per heavy atom. The summed E-state index contributed by atoms with van der Waals surface area (Å²) >= 11 is 0. The Kier molecular flexibility index (Phi) is 8.18. The van der Waals surface area contributed by atoms with Crippen LogP contribution in [-0.2, 0) is 9.47 Å². The topological polar surface area (TPSA) is 30.8 Å². The minimum atomic E-state index is -1.55. The van der Waals surface area contributed by atoms with Crippen LogP contribution in [0.1, 0.15) is 31.1 Å². The SMILES string of the molecule is CC(C)(OC[C@H]1N=C(c2ccccc2P(c2ccccc2)c2ccccc2)O[C@@H]1c1ccccc1)[Si](C)(C)C. The molecule has 0 amide bonds. The van der Waals surface area contributed by atoms with Crippen LogP contribution in [0.2, 0.25) is 19.6 Å². The van der Waals surface area contributed by atoms with Crippen LogP contribution in [0, 0.1) is 0 Å².